The fourth-order valence-electron chi connectivity index (χ4n) is 3.29. The van der Waals surface area contributed by atoms with Crippen molar-refractivity contribution in [2.75, 3.05) is 13.1 Å². The summed E-state index contributed by atoms with van der Waals surface area (Å²) in [5, 5.41) is 4.08. The first kappa shape index (κ1) is 17.9. The first-order valence-corrected chi connectivity index (χ1v) is 9.80. The van der Waals surface area contributed by atoms with Crippen LogP contribution in [0.15, 0.2) is 57.5 Å². The van der Waals surface area contributed by atoms with Crippen LogP contribution in [0.1, 0.15) is 29.4 Å². The molecule has 1 fully saturated rings. The molecular formula is C21H20BrN3O2. The zero-order chi connectivity index (χ0) is 18.8. The number of hydrogen-bond acceptors (Lipinski definition) is 4. The molecule has 1 atom stereocenters. The molecule has 1 amide bonds. The van der Waals surface area contributed by atoms with E-state index < -0.39 is 0 Å². The maximum Gasteiger partial charge on any atom is 0.232 e. The van der Waals surface area contributed by atoms with Crippen molar-refractivity contribution < 1.29 is 9.32 Å². The highest BCUT2D eigenvalue weighted by Crippen LogP contribution is 2.29. The van der Waals surface area contributed by atoms with E-state index in [1.54, 1.807) is 0 Å². The fourth-order valence-corrected chi connectivity index (χ4v) is 3.55. The number of carbonyl (C=O) groups excluding carboxylic acids is 1. The number of nitrogens with zero attached hydrogens (tertiary/aromatic N) is 3. The van der Waals surface area contributed by atoms with Crippen LogP contribution >= 0.6 is 15.9 Å². The molecule has 0 radical (unpaired) electrons. The normalized spacial score (nSPS) is 16.9. The number of carbonyl (C=O) groups is 1. The Balaban J connectivity index is 1.40. The number of halogens is 1. The molecular weight excluding hydrogens is 406 g/mol. The second-order valence-electron chi connectivity index (χ2n) is 6.94. The van der Waals surface area contributed by atoms with E-state index in [1.807, 2.05) is 29.2 Å². The molecule has 1 aliphatic rings. The van der Waals surface area contributed by atoms with E-state index in [0.717, 1.165) is 16.5 Å². The SMILES string of the molecule is Cc1ccc(CCN2CC(c3nc(-c4ccc(Br)cc4)no3)CC2=O)cc1. The summed E-state index contributed by atoms with van der Waals surface area (Å²) >= 11 is 3.42. The van der Waals surface area contributed by atoms with Gasteiger partial charge in [0, 0.05) is 29.5 Å². The van der Waals surface area contributed by atoms with Crippen LogP contribution in [0.3, 0.4) is 0 Å². The van der Waals surface area contributed by atoms with Crippen LogP contribution in [0.2, 0.25) is 0 Å². The molecule has 1 unspecified atom stereocenters. The molecule has 5 nitrogen and oxygen atoms in total. The Kier molecular flexibility index (Phi) is 5.07. The van der Waals surface area contributed by atoms with Crippen LogP contribution in [-0.4, -0.2) is 34.0 Å². The molecule has 0 aliphatic carbocycles. The number of benzene rings is 2. The first-order valence-electron chi connectivity index (χ1n) is 9.01. The molecule has 138 valence electrons. The summed E-state index contributed by atoms with van der Waals surface area (Å²) < 4.78 is 6.45. The second kappa shape index (κ2) is 7.64. The van der Waals surface area contributed by atoms with Crippen molar-refractivity contribution in [3.05, 3.63) is 70.0 Å². The number of aromatic nitrogens is 2. The summed E-state index contributed by atoms with van der Waals surface area (Å²) in [6.45, 7) is 3.42. The highest BCUT2D eigenvalue weighted by atomic mass is 79.9. The number of amides is 1. The molecule has 0 N–H and O–H groups in total. The Hall–Kier alpha value is -2.47. The average molecular weight is 426 g/mol. The Morgan fingerprint density at radius 2 is 1.89 bits per heavy atom. The number of rotatable bonds is 5. The molecule has 1 saturated heterocycles. The largest absolute Gasteiger partial charge is 0.342 e. The summed E-state index contributed by atoms with van der Waals surface area (Å²) in [6.07, 6.45) is 1.28. The van der Waals surface area contributed by atoms with Gasteiger partial charge in [0.25, 0.3) is 0 Å². The molecule has 6 heteroatoms. The number of hydrogen-bond donors (Lipinski definition) is 0. The van der Waals surface area contributed by atoms with Crippen molar-refractivity contribution in [2.45, 2.75) is 25.7 Å². The number of aryl methyl sites for hydroxylation is 1. The molecule has 4 rings (SSSR count). The van der Waals surface area contributed by atoms with E-state index >= 15 is 0 Å². The van der Waals surface area contributed by atoms with Gasteiger partial charge in [-0.2, -0.15) is 4.98 Å². The van der Waals surface area contributed by atoms with Gasteiger partial charge in [0.1, 0.15) is 0 Å². The van der Waals surface area contributed by atoms with Crippen LogP contribution in [0, 0.1) is 6.92 Å². The highest BCUT2D eigenvalue weighted by Gasteiger charge is 2.34. The summed E-state index contributed by atoms with van der Waals surface area (Å²) in [7, 11) is 0. The van der Waals surface area contributed by atoms with Crippen molar-refractivity contribution in [2.24, 2.45) is 0 Å². The van der Waals surface area contributed by atoms with Gasteiger partial charge in [0.15, 0.2) is 0 Å². The van der Waals surface area contributed by atoms with E-state index in [4.69, 9.17) is 4.52 Å². The molecule has 3 aromatic rings. The molecule has 2 heterocycles. The summed E-state index contributed by atoms with van der Waals surface area (Å²) in [6, 6.07) is 16.2. The Morgan fingerprint density at radius 1 is 1.15 bits per heavy atom. The van der Waals surface area contributed by atoms with Gasteiger partial charge < -0.3 is 9.42 Å². The lowest BCUT2D eigenvalue weighted by Crippen LogP contribution is -2.27. The predicted molar refractivity (Wildman–Crippen MR) is 106 cm³/mol. The van der Waals surface area contributed by atoms with Crippen LogP contribution < -0.4 is 0 Å². The van der Waals surface area contributed by atoms with Crippen molar-refractivity contribution in [1.29, 1.82) is 0 Å². The maximum absolute atomic E-state index is 12.4. The second-order valence-corrected chi connectivity index (χ2v) is 7.86. The smallest absolute Gasteiger partial charge is 0.232 e. The highest BCUT2D eigenvalue weighted by molar-refractivity contribution is 9.10. The molecule has 0 spiro atoms. The van der Waals surface area contributed by atoms with Crippen LogP contribution in [0.25, 0.3) is 11.4 Å². The van der Waals surface area contributed by atoms with Gasteiger partial charge in [0.05, 0.1) is 5.92 Å². The van der Waals surface area contributed by atoms with Crippen LogP contribution in [0.5, 0.6) is 0 Å². The molecule has 0 bridgehead atoms. The van der Waals surface area contributed by atoms with Crippen molar-refractivity contribution >= 4 is 21.8 Å². The molecule has 2 aromatic carbocycles. The predicted octanol–water partition coefficient (Wildman–Crippen LogP) is 4.37. The minimum Gasteiger partial charge on any atom is -0.342 e. The average Bonchev–Trinajstić information content (AvgIpc) is 3.29. The monoisotopic (exact) mass is 425 g/mol. The zero-order valence-corrected chi connectivity index (χ0v) is 16.6. The maximum atomic E-state index is 12.4. The molecule has 27 heavy (non-hydrogen) atoms. The van der Waals surface area contributed by atoms with Gasteiger partial charge in [-0.15, -0.1) is 0 Å². The van der Waals surface area contributed by atoms with Gasteiger partial charge in [-0.25, -0.2) is 0 Å². The van der Waals surface area contributed by atoms with E-state index in [-0.39, 0.29) is 11.8 Å². The summed E-state index contributed by atoms with van der Waals surface area (Å²) in [5.74, 6) is 1.21. The van der Waals surface area contributed by atoms with Crippen molar-refractivity contribution in [3.8, 4) is 11.4 Å². The lowest BCUT2D eigenvalue weighted by molar-refractivity contribution is -0.127. The molecule has 1 aliphatic heterocycles. The van der Waals surface area contributed by atoms with Crippen molar-refractivity contribution in [1.82, 2.24) is 15.0 Å². The topological polar surface area (TPSA) is 59.2 Å². The third-order valence-corrected chi connectivity index (χ3v) is 5.43. The Labute approximate surface area is 166 Å². The van der Waals surface area contributed by atoms with Gasteiger partial charge in [-0.05, 0) is 43.2 Å². The minimum absolute atomic E-state index is 0.0350. The quantitative estimate of drug-likeness (QED) is 0.608. The van der Waals surface area contributed by atoms with Gasteiger partial charge in [-0.1, -0.05) is 50.9 Å². The third-order valence-electron chi connectivity index (χ3n) is 4.90. The van der Waals surface area contributed by atoms with Gasteiger partial charge in [-0.3, -0.25) is 4.79 Å². The molecule has 1 aromatic heterocycles. The third kappa shape index (κ3) is 4.11. The number of likely N-dealkylation sites (tertiary alicyclic amines) is 1. The minimum atomic E-state index is -0.0350. The van der Waals surface area contributed by atoms with E-state index in [2.05, 4.69) is 57.3 Å². The first-order chi connectivity index (χ1) is 13.1. The van der Waals surface area contributed by atoms with E-state index in [1.165, 1.54) is 11.1 Å². The Morgan fingerprint density at radius 3 is 2.63 bits per heavy atom. The lowest BCUT2D eigenvalue weighted by atomic mass is 10.1. The van der Waals surface area contributed by atoms with Crippen LogP contribution in [-0.2, 0) is 11.2 Å². The Bertz CT molecular complexity index is 935. The van der Waals surface area contributed by atoms with Crippen molar-refractivity contribution in [3.63, 3.8) is 0 Å². The fraction of sp³-hybridized carbons (Fsp3) is 0.286. The summed E-state index contributed by atoms with van der Waals surface area (Å²) in [5.41, 5.74) is 3.38. The zero-order valence-electron chi connectivity index (χ0n) is 15.1. The van der Waals surface area contributed by atoms with E-state index in [0.29, 0.717) is 31.2 Å². The van der Waals surface area contributed by atoms with Gasteiger partial charge >= 0.3 is 0 Å². The standard InChI is InChI=1S/C21H20BrN3O2/c1-14-2-4-15(5-3-14)10-11-25-13-17(12-19(25)26)21-23-20(24-27-21)16-6-8-18(22)9-7-16/h2-9,17H,10-13H2,1H3. The van der Waals surface area contributed by atoms with E-state index in [9.17, 15) is 4.79 Å². The lowest BCUT2D eigenvalue weighted by Gasteiger charge is -2.15. The molecule has 0 saturated carbocycles. The summed E-state index contributed by atoms with van der Waals surface area (Å²) in [4.78, 5) is 18.8. The van der Waals surface area contributed by atoms with Gasteiger partial charge in [0.2, 0.25) is 17.6 Å². The van der Waals surface area contributed by atoms with Crippen LogP contribution in [0.4, 0.5) is 0 Å².